The molecule has 1 aliphatic heterocycles. The molecule has 1 amide bonds. The molecular formula is C21H17Cl2N3O2. The number of hydrazone groups is 1. The molecule has 0 spiro atoms. The van der Waals surface area contributed by atoms with Crippen LogP contribution in [0.25, 0.3) is 10.9 Å². The predicted molar refractivity (Wildman–Crippen MR) is 111 cm³/mol. The van der Waals surface area contributed by atoms with Crippen LogP contribution in [0.15, 0.2) is 53.6 Å². The van der Waals surface area contributed by atoms with Crippen molar-refractivity contribution in [1.82, 2.24) is 9.99 Å². The van der Waals surface area contributed by atoms with E-state index in [4.69, 9.17) is 27.9 Å². The van der Waals surface area contributed by atoms with E-state index in [2.05, 4.69) is 10.1 Å². The zero-order valence-corrected chi connectivity index (χ0v) is 16.8. The minimum absolute atomic E-state index is 0.159. The molecule has 0 fully saturated rings. The van der Waals surface area contributed by atoms with E-state index in [-0.39, 0.29) is 11.9 Å². The first-order valence-electron chi connectivity index (χ1n) is 8.73. The van der Waals surface area contributed by atoms with Gasteiger partial charge in [-0.1, -0.05) is 35.3 Å². The summed E-state index contributed by atoms with van der Waals surface area (Å²) >= 11 is 12.6. The molecule has 1 atom stereocenters. The lowest BCUT2D eigenvalue weighted by molar-refractivity contribution is -0.130. The first kappa shape index (κ1) is 18.7. The Morgan fingerprint density at radius 2 is 2.00 bits per heavy atom. The van der Waals surface area contributed by atoms with Crippen LogP contribution in [0.3, 0.4) is 0 Å². The normalized spacial score (nSPS) is 16.4. The van der Waals surface area contributed by atoms with Gasteiger partial charge >= 0.3 is 0 Å². The highest BCUT2D eigenvalue weighted by atomic mass is 35.5. The van der Waals surface area contributed by atoms with Crippen LogP contribution in [-0.4, -0.2) is 28.7 Å². The van der Waals surface area contributed by atoms with E-state index >= 15 is 0 Å². The molecule has 1 aliphatic rings. The molecule has 7 heteroatoms. The molecule has 0 saturated heterocycles. The van der Waals surface area contributed by atoms with E-state index < -0.39 is 0 Å². The number of aromatic nitrogens is 1. The van der Waals surface area contributed by atoms with E-state index in [1.54, 1.807) is 13.2 Å². The molecule has 0 bridgehead atoms. The molecule has 5 nitrogen and oxygen atoms in total. The lowest BCUT2D eigenvalue weighted by Crippen LogP contribution is -2.24. The number of rotatable bonds is 3. The number of amides is 1. The van der Waals surface area contributed by atoms with Gasteiger partial charge in [0.25, 0.3) is 0 Å². The Kier molecular flexibility index (Phi) is 4.96. The van der Waals surface area contributed by atoms with Gasteiger partial charge in [-0.25, -0.2) is 9.99 Å². The zero-order valence-electron chi connectivity index (χ0n) is 15.3. The fourth-order valence-electron chi connectivity index (χ4n) is 3.39. The number of hydrogen-bond acceptors (Lipinski definition) is 4. The Balaban J connectivity index is 1.75. The maximum Gasteiger partial charge on any atom is 0.240 e. The quantitative estimate of drug-likeness (QED) is 0.551. The minimum Gasteiger partial charge on any atom is -0.497 e. The van der Waals surface area contributed by atoms with Crippen molar-refractivity contribution in [2.45, 2.75) is 19.4 Å². The lowest BCUT2D eigenvalue weighted by atomic mass is 9.98. The Morgan fingerprint density at radius 1 is 1.18 bits per heavy atom. The first-order chi connectivity index (χ1) is 13.5. The molecule has 2 heterocycles. The van der Waals surface area contributed by atoms with Gasteiger partial charge in [0.05, 0.1) is 24.4 Å². The smallest absolute Gasteiger partial charge is 0.240 e. The highest BCUT2D eigenvalue weighted by molar-refractivity contribution is 6.31. The number of pyridine rings is 1. The number of carbonyl (C=O) groups excluding carboxylic acids is 1. The summed E-state index contributed by atoms with van der Waals surface area (Å²) in [6.07, 6.45) is 0.531. The van der Waals surface area contributed by atoms with Gasteiger partial charge in [0.2, 0.25) is 5.91 Å². The van der Waals surface area contributed by atoms with Gasteiger partial charge in [-0.2, -0.15) is 5.10 Å². The number of methoxy groups -OCH3 is 1. The minimum atomic E-state index is -0.321. The molecule has 0 aliphatic carbocycles. The highest BCUT2D eigenvalue weighted by Crippen LogP contribution is 2.37. The fourth-order valence-corrected chi connectivity index (χ4v) is 3.85. The molecule has 142 valence electrons. The summed E-state index contributed by atoms with van der Waals surface area (Å²) in [6, 6.07) is 14.7. The third-order valence-electron chi connectivity index (χ3n) is 4.76. The van der Waals surface area contributed by atoms with Gasteiger partial charge in [-0.05, 0) is 35.9 Å². The van der Waals surface area contributed by atoms with Crippen molar-refractivity contribution in [1.29, 1.82) is 0 Å². The van der Waals surface area contributed by atoms with E-state index in [0.29, 0.717) is 22.3 Å². The van der Waals surface area contributed by atoms with Gasteiger partial charge in [-0.3, -0.25) is 4.79 Å². The average molecular weight is 414 g/mol. The molecule has 4 rings (SSSR count). The average Bonchev–Trinajstić information content (AvgIpc) is 3.12. The van der Waals surface area contributed by atoms with Crippen molar-refractivity contribution in [2.75, 3.05) is 7.11 Å². The Bertz CT molecular complexity index is 1110. The molecule has 1 aromatic heterocycles. The number of halogens is 2. The number of ether oxygens (including phenoxy) is 1. The van der Waals surface area contributed by atoms with Gasteiger partial charge in [-0.15, -0.1) is 0 Å². The van der Waals surface area contributed by atoms with Crippen LogP contribution in [0.2, 0.25) is 10.2 Å². The zero-order chi connectivity index (χ0) is 19.8. The second-order valence-corrected chi connectivity index (χ2v) is 7.36. The molecule has 28 heavy (non-hydrogen) atoms. The standard InChI is InChI=1S/C21H17Cl2N3O2/c1-12(27)26-20(11-19(25-26)13-4-3-5-15(22)8-13)17-9-14-6-7-16(28-2)10-18(14)24-21(17)23/h3-10,20H,11H2,1-2H3/t20-/m1/s1. The maximum atomic E-state index is 12.2. The van der Waals surface area contributed by atoms with Crippen molar-refractivity contribution in [2.24, 2.45) is 5.10 Å². The van der Waals surface area contributed by atoms with Gasteiger partial charge in [0.15, 0.2) is 0 Å². The lowest BCUT2D eigenvalue weighted by Gasteiger charge is -2.21. The molecule has 3 aromatic rings. The summed E-state index contributed by atoms with van der Waals surface area (Å²) in [7, 11) is 1.61. The van der Waals surface area contributed by atoms with E-state index in [1.807, 2.05) is 42.5 Å². The number of hydrogen-bond donors (Lipinski definition) is 0. The summed E-state index contributed by atoms with van der Waals surface area (Å²) in [5.74, 6) is 0.551. The van der Waals surface area contributed by atoms with Crippen molar-refractivity contribution in [3.63, 3.8) is 0 Å². The predicted octanol–water partition coefficient (Wildman–Crippen LogP) is 5.25. The van der Waals surface area contributed by atoms with E-state index in [0.717, 1.165) is 27.7 Å². The van der Waals surface area contributed by atoms with Crippen LogP contribution in [0.5, 0.6) is 5.75 Å². The van der Waals surface area contributed by atoms with Crippen LogP contribution in [0.4, 0.5) is 0 Å². The highest BCUT2D eigenvalue weighted by Gasteiger charge is 2.33. The monoisotopic (exact) mass is 413 g/mol. The SMILES string of the molecule is COc1ccc2cc([C@H]3CC(c4cccc(Cl)c4)=NN3C(C)=O)c(Cl)nc2c1. The van der Waals surface area contributed by atoms with Gasteiger partial charge < -0.3 is 4.74 Å². The van der Waals surface area contributed by atoms with Crippen LogP contribution < -0.4 is 4.74 Å². The molecule has 0 N–H and O–H groups in total. The summed E-state index contributed by atoms with van der Waals surface area (Å²) in [6.45, 7) is 1.49. The Labute approximate surface area is 172 Å². The molecule has 0 unspecified atom stereocenters. The van der Waals surface area contributed by atoms with Crippen molar-refractivity contribution in [3.05, 3.63) is 69.8 Å². The molecular weight excluding hydrogens is 397 g/mol. The summed E-state index contributed by atoms with van der Waals surface area (Å²) in [4.78, 5) is 16.8. The van der Waals surface area contributed by atoms with E-state index in [1.165, 1.54) is 11.9 Å². The van der Waals surface area contributed by atoms with Crippen LogP contribution in [0, 0.1) is 0 Å². The number of carbonyl (C=O) groups is 1. The maximum absolute atomic E-state index is 12.2. The first-order valence-corrected chi connectivity index (χ1v) is 9.49. The summed E-state index contributed by atoms with van der Waals surface area (Å²) in [5, 5.41) is 7.89. The van der Waals surface area contributed by atoms with Crippen LogP contribution in [-0.2, 0) is 4.79 Å². The van der Waals surface area contributed by atoms with Crippen LogP contribution in [0.1, 0.15) is 30.5 Å². The molecule has 2 aromatic carbocycles. The van der Waals surface area contributed by atoms with Crippen LogP contribution >= 0.6 is 23.2 Å². The van der Waals surface area contributed by atoms with E-state index in [9.17, 15) is 4.79 Å². The molecule has 0 radical (unpaired) electrons. The number of benzene rings is 2. The topological polar surface area (TPSA) is 54.8 Å². The fraction of sp³-hybridized carbons (Fsp3) is 0.190. The Morgan fingerprint density at radius 3 is 2.71 bits per heavy atom. The number of nitrogens with zero attached hydrogens (tertiary/aromatic N) is 3. The second-order valence-electron chi connectivity index (χ2n) is 6.57. The van der Waals surface area contributed by atoms with Crippen molar-refractivity contribution < 1.29 is 9.53 Å². The molecule has 0 saturated carbocycles. The van der Waals surface area contributed by atoms with Gasteiger partial charge in [0.1, 0.15) is 10.9 Å². The van der Waals surface area contributed by atoms with Gasteiger partial charge in [0, 0.05) is 35.4 Å². The Hall–Kier alpha value is -2.63. The van der Waals surface area contributed by atoms with Crippen molar-refractivity contribution >= 4 is 45.7 Å². The third kappa shape index (κ3) is 3.43. The summed E-state index contributed by atoms with van der Waals surface area (Å²) in [5.41, 5.74) is 3.16. The van der Waals surface area contributed by atoms with Crippen molar-refractivity contribution in [3.8, 4) is 5.75 Å². The third-order valence-corrected chi connectivity index (χ3v) is 5.29. The number of fused-ring (bicyclic) bond motifs is 1. The largest absolute Gasteiger partial charge is 0.497 e. The summed E-state index contributed by atoms with van der Waals surface area (Å²) < 4.78 is 5.25. The second kappa shape index (κ2) is 7.41.